The number of hydrogen-bond acceptors (Lipinski definition) is 1. The van der Waals surface area contributed by atoms with Gasteiger partial charge in [0.1, 0.15) is 0 Å². The van der Waals surface area contributed by atoms with E-state index in [1.54, 1.807) is 11.1 Å². The van der Waals surface area contributed by atoms with Gasteiger partial charge in [0.05, 0.1) is 0 Å². The molecule has 2 fully saturated rings. The molecule has 2 aliphatic rings. The fourth-order valence-electron chi connectivity index (χ4n) is 3.40. The Labute approximate surface area is 101 Å². The van der Waals surface area contributed by atoms with E-state index in [9.17, 15) is 0 Å². The summed E-state index contributed by atoms with van der Waals surface area (Å²) in [6.07, 6.45) is 7.07. The van der Waals surface area contributed by atoms with Crippen LogP contribution in [0.5, 0.6) is 0 Å². The van der Waals surface area contributed by atoms with Gasteiger partial charge in [0, 0.05) is 12.6 Å². The van der Waals surface area contributed by atoms with Crippen molar-refractivity contribution in [1.82, 2.24) is 4.90 Å². The Bertz CT molecular complexity index is 274. The molecule has 0 unspecified atom stereocenters. The van der Waals surface area contributed by atoms with Crippen LogP contribution in [0.15, 0.2) is 11.1 Å². The highest BCUT2D eigenvalue weighted by atomic mass is 15.2. The molecule has 0 atom stereocenters. The van der Waals surface area contributed by atoms with Gasteiger partial charge in [-0.2, -0.15) is 0 Å². The van der Waals surface area contributed by atoms with E-state index >= 15 is 0 Å². The molecule has 0 N–H and O–H groups in total. The summed E-state index contributed by atoms with van der Waals surface area (Å²) in [7, 11) is 0. The zero-order valence-corrected chi connectivity index (χ0v) is 11.5. The molecule has 1 saturated carbocycles. The number of likely N-dealkylation sites (tertiary alicyclic amines) is 1. The summed E-state index contributed by atoms with van der Waals surface area (Å²) in [5.74, 6) is 0. The third kappa shape index (κ3) is 2.34. The predicted molar refractivity (Wildman–Crippen MR) is 70.6 cm³/mol. The summed E-state index contributed by atoms with van der Waals surface area (Å²) in [5, 5.41) is 0. The minimum absolute atomic E-state index is 0.684. The Morgan fingerprint density at radius 2 is 1.75 bits per heavy atom. The third-order valence-electron chi connectivity index (χ3n) is 4.82. The smallest absolute Gasteiger partial charge is 0.00414 e. The molecule has 0 amide bonds. The summed E-state index contributed by atoms with van der Waals surface area (Å²) in [5.41, 5.74) is 4.01. The highest BCUT2D eigenvalue weighted by Crippen LogP contribution is 2.46. The Morgan fingerprint density at radius 1 is 1.12 bits per heavy atom. The monoisotopic (exact) mass is 221 g/mol. The molecule has 1 saturated heterocycles. The number of nitrogens with zero attached hydrogens (tertiary/aromatic N) is 1. The SMILES string of the molecule is CC(C)=C1CCC2(CC1)CCN(C(C)C)C2. The van der Waals surface area contributed by atoms with Gasteiger partial charge in [0.15, 0.2) is 0 Å². The molecule has 1 aliphatic heterocycles. The molecule has 2 rings (SSSR count). The van der Waals surface area contributed by atoms with E-state index in [1.165, 1.54) is 45.2 Å². The maximum Gasteiger partial charge on any atom is 0.00414 e. The van der Waals surface area contributed by atoms with E-state index < -0.39 is 0 Å². The Balaban J connectivity index is 1.96. The molecule has 0 bridgehead atoms. The molecule has 1 aliphatic carbocycles. The lowest BCUT2D eigenvalue weighted by Crippen LogP contribution is -2.33. The molecular weight excluding hydrogens is 194 g/mol. The van der Waals surface area contributed by atoms with Crippen LogP contribution < -0.4 is 0 Å². The van der Waals surface area contributed by atoms with E-state index in [4.69, 9.17) is 0 Å². The molecule has 1 nitrogen and oxygen atoms in total. The van der Waals surface area contributed by atoms with Crippen molar-refractivity contribution < 1.29 is 0 Å². The highest BCUT2D eigenvalue weighted by molar-refractivity contribution is 5.14. The van der Waals surface area contributed by atoms with Crippen molar-refractivity contribution in [1.29, 1.82) is 0 Å². The first-order valence-corrected chi connectivity index (χ1v) is 6.92. The molecular formula is C15H27N. The zero-order chi connectivity index (χ0) is 11.8. The second-order valence-electron chi connectivity index (χ2n) is 6.42. The number of hydrogen-bond donors (Lipinski definition) is 0. The van der Waals surface area contributed by atoms with E-state index in [0.29, 0.717) is 5.41 Å². The summed E-state index contributed by atoms with van der Waals surface area (Å²) < 4.78 is 0. The molecule has 0 aromatic carbocycles. The lowest BCUT2D eigenvalue weighted by atomic mass is 9.71. The summed E-state index contributed by atoms with van der Waals surface area (Å²) >= 11 is 0. The average molecular weight is 221 g/mol. The molecule has 1 heterocycles. The van der Waals surface area contributed by atoms with Crippen LogP contribution in [0.1, 0.15) is 59.8 Å². The van der Waals surface area contributed by atoms with Gasteiger partial charge in [-0.05, 0) is 71.8 Å². The zero-order valence-electron chi connectivity index (χ0n) is 11.5. The second-order valence-corrected chi connectivity index (χ2v) is 6.42. The van der Waals surface area contributed by atoms with E-state index in [1.807, 2.05) is 0 Å². The highest BCUT2D eigenvalue weighted by Gasteiger charge is 2.40. The van der Waals surface area contributed by atoms with Crippen molar-refractivity contribution in [2.75, 3.05) is 13.1 Å². The van der Waals surface area contributed by atoms with E-state index in [2.05, 4.69) is 32.6 Å². The van der Waals surface area contributed by atoms with Gasteiger partial charge >= 0.3 is 0 Å². The molecule has 0 radical (unpaired) electrons. The summed E-state index contributed by atoms with van der Waals surface area (Å²) in [4.78, 5) is 2.67. The molecule has 1 heteroatoms. The van der Waals surface area contributed by atoms with Crippen molar-refractivity contribution in [3.63, 3.8) is 0 Å². The van der Waals surface area contributed by atoms with Crippen LogP contribution in [0.3, 0.4) is 0 Å². The predicted octanol–water partition coefficient (Wildman–Crippen LogP) is 4.00. The van der Waals surface area contributed by atoms with Gasteiger partial charge in [-0.15, -0.1) is 0 Å². The fraction of sp³-hybridized carbons (Fsp3) is 0.867. The first kappa shape index (κ1) is 12.2. The normalized spacial score (nSPS) is 31.7. The Kier molecular flexibility index (Phi) is 3.44. The topological polar surface area (TPSA) is 3.24 Å². The van der Waals surface area contributed by atoms with Gasteiger partial charge in [0.2, 0.25) is 0 Å². The van der Waals surface area contributed by atoms with Gasteiger partial charge < -0.3 is 4.90 Å². The molecule has 92 valence electrons. The van der Waals surface area contributed by atoms with Crippen molar-refractivity contribution in [2.45, 2.75) is 65.8 Å². The van der Waals surface area contributed by atoms with Crippen molar-refractivity contribution in [2.24, 2.45) is 5.41 Å². The lowest BCUT2D eigenvalue weighted by Gasteiger charge is -2.35. The molecule has 0 aromatic heterocycles. The van der Waals surface area contributed by atoms with Gasteiger partial charge in [-0.1, -0.05) is 11.1 Å². The van der Waals surface area contributed by atoms with Crippen LogP contribution in [-0.4, -0.2) is 24.0 Å². The quantitative estimate of drug-likeness (QED) is 0.605. The first-order chi connectivity index (χ1) is 7.52. The largest absolute Gasteiger partial charge is 0.300 e. The first-order valence-electron chi connectivity index (χ1n) is 6.92. The molecule has 1 spiro atoms. The van der Waals surface area contributed by atoms with Crippen LogP contribution in [0.2, 0.25) is 0 Å². The number of allylic oxidation sites excluding steroid dienone is 2. The summed E-state index contributed by atoms with van der Waals surface area (Å²) in [6, 6.07) is 0.740. The maximum atomic E-state index is 2.67. The standard InChI is InChI=1S/C15H27N/c1-12(2)14-5-7-15(8-6-14)9-10-16(11-15)13(3)4/h13H,5-11H2,1-4H3. The number of rotatable bonds is 1. The van der Waals surface area contributed by atoms with Crippen molar-refractivity contribution in [3.8, 4) is 0 Å². The maximum absolute atomic E-state index is 2.67. The second kappa shape index (κ2) is 4.52. The fourth-order valence-corrected chi connectivity index (χ4v) is 3.40. The molecule has 16 heavy (non-hydrogen) atoms. The van der Waals surface area contributed by atoms with Crippen LogP contribution in [0.4, 0.5) is 0 Å². The van der Waals surface area contributed by atoms with E-state index in [0.717, 1.165) is 6.04 Å². The van der Waals surface area contributed by atoms with Crippen molar-refractivity contribution >= 4 is 0 Å². The summed E-state index contributed by atoms with van der Waals surface area (Å²) in [6.45, 7) is 11.9. The lowest BCUT2D eigenvalue weighted by molar-refractivity contribution is 0.187. The van der Waals surface area contributed by atoms with Gasteiger partial charge in [-0.3, -0.25) is 0 Å². The van der Waals surface area contributed by atoms with Gasteiger partial charge in [-0.25, -0.2) is 0 Å². The molecule has 0 aromatic rings. The van der Waals surface area contributed by atoms with Crippen LogP contribution in [0.25, 0.3) is 0 Å². The van der Waals surface area contributed by atoms with Crippen LogP contribution in [-0.2, 0) is 0 Å². The van der Waals surface area contributed by atoms with Gasteiger partial charge in [0.25, 0.3) is 0 Å². The Hall–Kier alpha value is -0.300. The third-order valence-corrected chi connectivity index (χ3v) is 4.82. The average Bonchev–Trinajstić information content (AvgIpc) is 2.63. The minimum atomic E-state index is 0.684. The van der Waals surface area contributed by atoms with Crippen molar-refractivity contribution in [3.05, 3.63) is 11.1 Å². The van der Waals surface area contributed by atoms with Crippen LogP contribution >= 0.6 is 0 Å². The minimum Gasteiger partial charge on any atom is -0.300 e. The van der Waals surface area contributed by atoms with E-state index in [-0.39, 0.29) is 0 Å². The Morgan fingerprint density at radius 3 is 2.19 bits per heavy atom. The van der Waals surface area contributed by atoms with Crippen LogP contribution in [0, 0.1) is 5.41 Å².